The highest BCUT2D eigenvalue weighted by Gasteiger charge is 2.39. The van der Waals surface area contributed by atoms with E-state index >= 15 is 0 Å². The zero-order valence-electron chi connectivity index (χ0n) is 19.1. The lowest BCUT2D eigenvalue weighted by molar-refractivity contribution is -0.136. The molecule has 0 spiro atoms. The van der Waals surface area contributed by atoms with Crippen molar-refractivity contribution in [1.82, 2.24) is 30.1 Å². The van der Waals surface area contributed by atoms with Gasteiger partial charge in [-0.25, -0.2) is 4.68 Å². The predicted molar refractivity (Wildman–Crippen MR) is 121 cm³/mol. The number of hydrogen-bond donors (Lipinski definition) is 1. The second-order valence-corrected chi connectivity index (χ2v) is 9.13. The number of benzene rings is 1. The van der Waals surface area contributed by atoms with Gasteiger partial charge in [-0.05, 0) is 55.9 Å². The minimum Gasteiger partial charge on any atom is -0.334 e. The first kappa shape index (κ1) is 22.7. The second-order valence-electron chi connectivity index (χ2n) is 9.13. The Kier molecular flexibility index (Phi) is 6.03. The Bertz CT molecular complexity index is 1250. The van der Waals surface area contributed by atoms with Crippen LogP contribution >= 0.6 is 0 Å². The fourth-order valence-corrected chi connectivity index (χ4v) is 5.14. The molecule has 0 bridgehead atoms. The maximum atomic E-state index is 13.1. The summed E-state index contributed by atoms with van der Waals surface area (Å²) in [5.74, 6) is -1.22. The summed E-state index contributed by atoms with van der Waals surface area (Å²) in [5.41, 5.74) is 2.13. The van der Waals surface area contributed by atoms with Crippen LogP contribution in [0.5, 0.6) is 0 Å². The molecule has 2 atom stereocenters. The highest BCUT2D eigenvalue weighted by molar-refractivity contribution is 6.05. The molecular weight excluding hydrogens is 450 g/mol. The lowest BCUT2D eigenvalue weighted by atomic mass is 9.98. The first-order valence-electron chi connectivity index (χ1n) is 11.8. The number of rotatable bonds is 5. The smallest absolute Gasteiger partial charge is 0.276 e. The van der Waals surface area contributed by atoms with Gasteiger partial charge in [0, 0.05) is 37.5 Å². The number of hydrogen-bond acceptors (Lipinski definition) is 7. The van der Waals surface area contributed by atoms with Gasteiger partial charge in [0.05, 0.1) is 18.0 Å². The van der Waals surface area contributed by atoms with E-state index in [1.165, 1.54) is 9.58 Å². The van der Waals surface area contributed by atoms with Crippen LogP contribution in [0.15, 0.2) is 24.4 Å². The van der Waals surface area contributed by atoms with Gasteiger partial charge >= 0.3 is 0 Å². The summed E-state index contributed by atoms with van der Waals surface area (Å²) in [7, 11) is 0. The van der Waals surface area contributed by atoms with Crippen molar-refractivity contribution in [2.24, 2.45) is 0 Å². The highest BCUT2D eigenvalue weighted by Crippen LogP contribution is 2.29. The van der Waals surface area contributed by atoms with Crippen LogP contribution in [0.3, 0.4) is 0 Å². The number of carbonyl (C=O) groups excluding carboxylic acids is 4. The number of nitrogens with one attached hydrogen (secondary N) is 1. The minimum absolute atomic E-state index is 0.0327. The Balaban J connectivity index is 1.33. The van der Waals surface area contributed by atoms with Gasteiger partial charge in [-0.15, -0.1) is 5.10 Å². The molecule has 3 aliphatic heterocycles. The van der Waals surface area contributed by atoms with Crippen LogP contribution in [0.4, 0.5) is 0 Å². The molecule has 3 aliphatic rings. The molecule has 180 valence electrons. The molecule has 35 heavy (non-hydrogen) atoms. The molecule has 2 unspecified atom stereocenters. The number of nitrogens with zero attached hydrogens (tertiary/aromatic N) is 6. The van der Waals surface area contributed by atoms with Gasteiger partial charge in [0.15, 0.2) is 5.69 Å². The van der Waals surface area contributed by atoms with Gasteiger partial charge in [0.25, 0.3) is 11.8 Å². The van der Waals surface area contributed by atoms with Crippen molar-refractivity contribution in [3.63, 3.8) is 0 Å². The monoisotopic (exact) mass is 475 g/mol. The van der Waals surface area contributed by atoms with Crippen LogP contribution in [0, 0.1) is 11.3 Å². The fraction of sp³-hybridized carbons (Fsp3) is 0.458. The summed E-state index contributed by atoms with van der Waals surface area (Å²) in [6.07, 6.45) is 5.98. The molecule has 0 radical (unpaired) electrons. The molecule has 5 rings (SSSR count). The third-order valence-corrected chi connectivity index (χ3v) is 6.96. The lowest BCUT2D eigenvalue weighted by Crippen LogP contribution is -2.52. The summed E-state index contributed by atoms with van der Waals surface area (Å²) in [5, 5.41) is 19.4. The van der Waals surface area contributed by atoms with E-state index in [1.807, 2.05) is 0 Å². The summed E-state index contributed by atoms with van der Waals surface area (Å²) in [6, 6.07) is 6.73. The number of likely N-dealkylation sites (tertiary alicyclic amines) is 1. The standard InChI is InChI=1S/C24H25N7O4/c25-10-3-5-16-4-1-2-11-29(16)24(35)19-14-31(28-27-19)17-6-7-18-15(12-17)13-30(23(18)34)20-8-9-21(32)26-22(20)33/h6-7,12,14,16,20H,1-5,8-9,11,13H2,(H,26,32,33). The summed E-state index contributed by atoms with van der Waals surface area (Å²) in [6.45, 7) is 0.891. The average Bonchev–Trinajstić information content (AvgIpc) is 3.48. The molecule has 2 aromatic rings. The SMILES string of the molecule is N#CCCC1CCCCN1C(=O)c1cn(-c2ccc3c(c2)CN(C2CCC(=O)NC2=O)C3=O)nn1. The van der Waals surface area contributed by atoms with Crippen LogP contribution in [0.1, 0.15) is 71.4 Å². The van der Waals surface area contributed by atoms with Crippen molar-refractivity contribution in [2.75, 3.05) is 6.54 Å². The topological polar surface area (TPSA) is 141 Å². The minimum atomic E-state index is -0.676. The molecule has 1 aromatic heterocycles. The average molecular weight is 476 g/mol. The first-order chi connectivity index (χ1) is 17.0. The molecule has 11 nitrogen and oxygen atoms in total. The van der Waals surface area contributed by atoms with Gasteiger partial charge in [-0.1, -0.05) is 5.21 Å². The summed E-state index contributed by atoms with van der Waals surface area (Å²) >= 11 is 0. The largest absolute Gasteiger partial charge is 0.334 e. The maximum Gasteiger partial charge on any atom is 0.276 e. The van der Waals surface area contributed by atoms with E-state index in [0.717, 1.165) is 24.8 Å². The third-order valence-electron chi connectivity index (χ3n) is 6.96. The normalized spacial score (nSPS) is 22.1. The van der Waals surface area contributed by atoms with Crippen molar-refractivity contribution in [3.8, 4) is 11.8 Å². The summed E-state index contributed by atoms with van der Waals surface area (Å²) in [4.78, 5) is 53.0. The second kappa shape index (κ2) is 9.29. The molecule has 11 heteroatoms. The number of fused-ring (bicyclic) bond motifs is 1. The number of amides is 4. The number of nitriles is 1. The summed E-state index contributed by atoms with van der Waals surface area (Å²) < 4.78 is 1.50. The van der Waals surface area contributed by atoms with Crippen molar-refractivity contribution in [3.05, 3.63) is 41.2 Å². The number of carbonyl (C=O) groups is 4. The van der Waals surface area contributed by atoms with E-state index in [-0.39, 0.29) is 42.4 Å². The molecule has 4 amide bonds. The molecule has 2 saturated heterocycles. The van der Waals surface area contributed by atoms with E-state index in [9.17, 15) is 19.2 Å². The number of imide groups is 1. The van der Waals surface area contributed by atoms with Crippen LogP contribution in [0.25, 0.3) is 5.69 Å². The van der Waals surface area contributed by atoms with Gasteiger partial charge in [-0.2, -0.15) is 5.26 Å². The molecule has 4 heterocycles. The zero-order chi connectivity index (χ0) is 24.5. The maximum absolute atomic E-state index is 13.1. The number of aromatic nitrogens is 3. The van der Waals surface area contributed by atoms with Crippen molar-refractivity contribution in [1.29, 1.82) is 5.26 Å². The Morgan fingerprint density at radius 1 is 1.20 bits per heavy atom. The third kappa shape index (κ3) is 4.27. The van der Waals surface area contributed by atoms with Gasteiger partial charge in [0.2, 0.25) is 11.8 Å². The molecule has 1 aromatic carbocycles. The van der Waals surface area contributed by atoms with Gasteiger partial charge in [0.1, 0.15) is 6.04 Å². The van der Waals surface area contributed by atoms with Crippen LogP contribution in [-0.2, 0) is 16.1 Å². The lowest BCUT2D eigenvalue weighted by Gasteiger charge is -2.35. The van der Waals surface area contributed by atoms with E-state index in [2.05, 4.69) is 21.7 Å². The van der Waals surface area contributed by atoms with Crippen LogP contribution < -0.4 is 5.32 Å². The molecule has 2 fully saturated rings. The van der Waals surface area contributed by atoms with Gasteiger partial charge in [-0.3, -0.25) is 24.5 Å². The van der Waals surface area contributed by atoms with Crippen LogP contribution in [-0.4, -0.2) is 67.1 Å². The van der Waals surface area contributed by atoms with E-state index in [4.69, 9.17) is 5.26 Å². The number of piperidine rings is 2. The molecule has 0 saturated carbocycles. The van der Waals surface area contributed by atoms with Crippen LogP contribution in [0.2, 0.25) is 0 Å². The predicted octanol–water partition coefficient (Wildman–Crippen LogP) is 1.33. The Hall–Kier alpha value is -4.07. The Morgan fingerprint density at radius 2 is 2.06 bits per heavy atom. The quantitative estimate of drug-likeness (QED) is 0.643. The fourth-order valence-electron chi connectivity index (χ4n) is 5.14. The van der Waals surface area contributed by atoms with Gasteiger partial charge < -0.3 is 9.80 Å². The van der Waals surface area contributed by atoms with Crippen molar-refractivity contribution >= 4 is 23.6 Å². The molecule has 0 aliphatic carbocycles. The van der Waals surface area contributed by atoms with E-state index in [0.29, 0.717) is 37.1 Å². The van der Waals surface area contributed by atoms with Crippen molar-refractivity contribution < 1.29 is 19.2 Å². The zero-order valence-corrected chi connectivity index (χ0v) is 19.1. The molecular formula is C24H25N7O4. The first-order valence-corrected chi connectivity index (χ1v) is 11.8. The highest BCUT2D eigenvalue weighted by atomic mass is 16.2. The Labute approximate surface area is 201 Å². The van der Waals surface area contributed by atoms with E-state index in [1.54, 1.807) is 29.3 Å². The molecule has 1 N–H and O–H groups in total. The van der Waals surface area contributed by atoms with E-state index < -0.39 is 11.9 Å². The van der Waals surface area contributed by atoms with Crippen molar-refractivity contribution in [2.45, 2.75) is 63.6 Å². The Morgan fingerprint density at radius 3 is 2.86 bits per heavy atom.